The first-order valence-corrected chi connectivity index (χ1v) is 22.1. The van der Waals surface area contributed by atoms with E-state index in [9.17, 15) is 38.3 Å². The van der Waals surface area contributed by atoms with Crippen molar-refractivity contribution < 1.29 is 70.3 Å². The fourth-order valence-corrected chi connectivity index (χ4v) is 9.18. The highest BCUT2D eigenvalue weighted by Crippen LogP contribution is 2.52. The molecule has 3 aliphatic heterocycles. The molecule has 0 radical (unpaired) electrons. The van der Waals surface area contributed by atoms with E-state index in [-0.39, 0.29) is 47.9 Å². The monoisotopic (exact) mass is 916 g/mol. The molecule has 0 amide bonds. The number of phosphoric ester groups is 2. The second kappa shape index (κ2) is 17.3. The number of aliphatic hydroxyl groups is 1. The Morgan fingerprint density at radius 2 is 1.23 bits per heavy atom. The van der Waals surface area contributed by atoms with E-state index in [1.807, 2.05) is 0 Å². The Bertz CT molecular complexity index is 2580. The first-order valence-electron chi connectivity index (χ1n) is 18.0. The fourth-order valence-electron chi connectivity index (χ4n) is 6.98. The Labute approximate surface area is 341 Å². The highest BCUT2D eigenvalue weighted by atomic mass is 31.2. The molecule has 3 saturated heterocycles. The molecule has 5 aromatic heterocycles. The van der Waals surface area contributed by atoms with Gasteiger partial charge < -0.3 is 46.3 Å². The molecule has 5 aromatic rings. The number of fused-ring (bicyclic) bond motifs is 2. The summed E-state index contributed by atoms with van der Waals surface area (Å²) in [5, 5.41) is 10.7. The minimum absolute atomic E-state index is 0.0263. The van der Waals surface area contributed by atoms with Crippen LogP contribution in [0.4, 0.5) is 17.5 Å². The van der Waals surface area contributed by atoms with Gasteiger partial charge in [0.05, 0.1) is 32.0 Å². The molecule has 0 saturated carbocycles. The van der Waals surface area contributed by atoms with Gasteiger partial charge in [0.2, 0.25) is 0 Å². The Morgan fingerprint density at radius 1 is 0.738 bits per heavy atom. The molecule has 328 valence electrons. The van der Waals surface area contributed by atoms with E-state index in [1.54, 1.807) is 0 Å². The van der Waals surface area contributed by atoms with Gasteiger partial charge in [-0.1, -0.05) is 0 Å². The third-order valence-corrected chi connectivity index (χ3v) is 12.2. The number of hydrogen-bond acceptors (Lipinski definition) is 23. The van der Waals surface area contributed by atoms with Crippen molar-refractivity contribution in [2.24, 2.45) is 0 Å². The zero-order valence-corrected chi connectivity index (χ0v) is 33.8. The van der Waals surface area contributed by atoms with Crippen molar-refractivity contribution in [3.8, 4) is 0 Å². The molecule has 61 heavy (non-hydrogen) atoms. The molecule has 0 aromatic carbocycles. The summed E-state index contributed by atoms with van der Waals surface area (Å²) >= 11 is 0. The molecule has 29 nitrogen and oxygen atoms in total. The third kappa shape index (κ3) is 9.46. The number of nitrogens with zero attached hydrogens (tertiary/aromatic N) is 10. The van der Waals surface area contributed by atoms with E-state index in [2.05, 4.69) is 34.9 Å². The zero-order chi connectivity index (χ0) is 43.2. The molecule has 0 aliphatic carbocycles. The molecule has 12 atom stereocenters. The average Bonchev–Trinajstić information content (AvgIpc) is 4.03. The third-order valence-electron chi connectivity index (χ3n) is 9.81. The average molecular weight is 917 g/mol. The van der Waals surface area contributed by atoms with Gasteiger partial charge in [0.25, 0.3) is 0 Å². The van der Waals surface area contributed by atoms with Gasteiger partial charge in [-0.05, 0) is 6.07 Å². The molecular formula is C29H37N13O16P3+. The van der Waals surface area contributed by atoms with Crippen LogP contribution in [0.3, 0.4) is 0 Å². The summed E-state index contributed by atoms with van der Waals surface area (Å²) in [6, 6.07) is 1.30. The summed E-state index contributed by atoms with van der Waals surface area (Å²) < 4.78 is 86.2. The topological polar surface area (TPSA) is 406 Å². The van der Waals surface area contributed by atoms with Crippen molar-refractivity contribution in [3.05, 3.63) is 48.1 Å². The molecule has 3 unspecified atom stereocenters. The standard InChI is InChI=1S/C29H36N13O16P3/c30-19-1-2-40(29(44)39-19)21-4-15(58-60(47,48)52-7-16-13(43)3-20(54-16)41-11-37-23-25(31)33-9-35-27(23)41)18(56-21)8-53-61(49,50)57-14-5-22(55-17(14)6-51-59(45)46)42-12-38-24-26(32)34-10-36-28(24)42/h1-2,9-18,20-22,43H,3-8H2,(H8-,30,31,32,33,34,35,36,39,44,45,46,47,48,49,50)/p+1/t13-,14-,15-,16+,17+,18+,20+,21+,22+/m0/s1. The summed E-state index contributed by atoms with van der Waals surface area (Å²) in [5.74, 6) is 0.118. The van der Waals surface area contributed by atoms with E-state index in [0.717, 1.165) is 4.57 Å². The van der Waals surface area contributed by atoms with Gasteiger partial charge in [0.15, 0.2) is 22.9 Å². The number of ether oxygens (including phenoxy) is 3. The van der Waals surface area contributed by atoms with Crippen molar-refractivity contribution in [2.75, 3.05) is 37.0 Å². The highest BCUT2D eigenvalue weighted by Gasteiger charge is 2.47. The first-order chi connectivity index (χ1) is 29.0. The summed E-state index contributed by atoms with van der Waals surface area (Å²) in [7, 11) is -13.3. The number of aliphatic hydroxyl groups excluding tert-OH is 1. The van der Waals surface area contributed by atoms with Crippen LogP contribution in [-0.2, 0) is 50.5 Å². The zero-order valence-electron chi connectivity index (χ0n) is 31.1. The van der Waals surface area contributed by atoms with Crippen molar-refractivity contribution in [1.29, 1.82) is 0 Å². The molecule has 10 N–H and O–H groups in total. The summed E-state index contributed by atoms with van der Waals surface area (Å²) in [6.45, 7) is -2.01. The first kappa shape index (κ1) is 43.1. The Hall–Kier alpha value is -4.54. The Balaban J connectivity index is 0.939. The summed E-state index contributed by atoms with van der Waals surface area (Å²) in [6.07, 6.45) is -4.64. The number of aromatic nitrogens is 10. The number of hydrogen-bond donors (Lipinski definition) is 7. The van der Waals surface area contributed by atoms with Crippen molar-refractivity contribution >= 4 is 63.7 Å². The Kier molecular flexibility index (Phi) is 12.2. The number of imidazole rings is 2. The summed E-state index contributed by atoms with van der Waals surface area (Å²) in [4.78, 5) is 71.8. The van der Waals surface area contributed by atoms with Crippen LogP contribution in [0.25, 0.3) is 22.3 Å². The molecule has 8 rings (SSSR count). The van der Waals surface area contributed by atoms with Gasteiger partial charge >= 0.3 is 29.6 Å². The largest absolute Gasteiger partial charge is 0.694 e. The maximum Gasteiger partial charge on any atom is 0.694 e. The predicted molar refractivity (Wildman–Crippen MR) is 201 cm³/mol. The van der Waals surface area contributed by atoms with Crippen LogP contribution in [-0.4, -0.2) is 125 Å². The van der Waals surface area contributed by atoms with Gasteiger partial charge in [0.1, 0.15) is 85.3 Å². The normalized spacial score (nSPS) is 29.0. The number of rotatable bonds is 16. The van der Waals surface area contributed by atoms with E-state index in [0.29, 0.717) is 11.2 Å². The molecule has 8 heterocycles. The van der Waals surface area contributed by atoms with Crippen LogP contribution in [0, 0.1) is 0 Å². The smallest absolute Gasteiger partial charge is 0.390 e. The molecule has 3 fully saturated rings. The lowest BCUT2D eigenvalue weighted by molar-refractivity contribution is -0.0601. The number of anilines is 3. The van der Waals surface area contributed by atoms with Gasteiger partial charge in [-0.25, -0.2) is 43.8 Å². The van der Waals surface area contributed by atoms with Crippen LogP contribution in [0.2, 0.25) is 0 Å². The molecule has 32 heteroatoms. The molecular weight excluding hydrogens is 879 g/mol. The second-order valence-corrected chi connectivity index (χ2v) is 17.3. The maximum absolute atomic E-state index is 13.5. The van der Waals surface area contributed by atoms with Gasteiger partial charge in [0, 0.05) is 30.0 Å². The van der Waals surface area contributed by atoms with Gasteiger partial charge in [-0.2, -0.15) is 4.98 Å². The number of phosphoric acid groups is 2. The van der Waals surface area contributed by atoms with Gasteiger partial charge in [-0.15, -0.1) is 9.42 Å². The Morgan fingerprint density at radius 3 is 1.77 bits per heavy atom. The predicted octanol–water partition coefficient (Wildman–Crippen LogP) is -0.436. The van der Waals surface area contributed by atoms with Crippen LogP contribution in [0.5, 0.6) is 0 Å². The minimum atomic E-state index is -5.11. The van der Waals surface area contributed by atoms with Crippen LogP contribution >= 0.6 is 23.9 Å². The summed E-state index contributed by atoms with van der Waals surface area (Å²) in [5.41, 5.74) is 17.7. The lowest BCUT2D eigenvalue weighted by Crippen LogP contribution is -2.31. The van der Waals surface area contributed by atoms with E-state index in [1.165, 1.54) is 46.7 Å². The van der Waals surface area contributed by atoms with E-state index >= 15 is 0 Å². The molecule has 0 bridgehead atoms. The van der Waals surface area contributed by atoms with Crippen molar-refractivity contribution in [2.45, 2.75) is 74.6 Å². The van der Waals surface area contributed by atoms with Gasteiger partial charge in [-0.3, -0.25) is 31.8 Å². The lowest BCUT2D eigenvalue weighted by Gasteiger charge is -2.24. The highest BCUT2D eigenvalue weighted by molar-refractivity contribution is 7.47. The molecule has 0 spiro atoms. The second-order valence-electron chi connectivity index (χ2n) is 13.7. The van der Waals surface area contributed by atoms with Crippen molar-refractivity contribution in [1.82, 2.24) is 48.6 Å². The minimum Gasteiger partial charge on any atom is -0.390 e. The fraction of sp³-hybridized carbons (Fsp3) is 0.517. The van der Waals surface area contributed by atoms with E-state index in [4.69, 9.17) is 54.0 Å². The lowest BCUT2D eigenvalue weighted by atomic mass is 10.2. The quantitative estimate of drug-likeness (QED) is 0.0617. The van der Waals surface area contributed by atoms with Crippen LogP contribution < -0.4 is 22.9 Å². The molecule has 3 aliphatic rings. The van der Waals surface area contributed by atoms with Crippen LogP contribution in [0.1, 0.15) is 37.9 Å². The SMILES string of the molecule is Nc1ccn([C@H]2C[C@H](OP(=O)(O)OC[C@H]3O[C@@H](n4cnc5c(N)ncnc54)C[C@@H]3O)[C@@H](COP(=O)(O)O[C@H]3C[C@H](n4cnc5c(N)ncnc54)O[C@@H]3CO[P+](=O)O)O2)c(=O)n1. The van der Waals surface area contributed by atoms with E-state index < -0.39 is 105 Å². The number of nitrogen functional groups attached to an aromatic ring is 3. The van der Waals surface area contributed by atoms with Crippen molar-refractivity contribution in [3.63, 3.8) is 0 Å². The number of nitrogens with two attached hydrogens (primary N) is 3. The maximum atomic E-state index is 13.5. The van der Waals surface area contributed by atoms with Crippen LogP contribution in [0.15, 0.2) is 42.4 Å².